The van der Waals surface area contributed by atoms with Gasteiger partial charge in [0.2, 0.25) is 11.8 Å². The lowest BCUT2D eigenvalue weighted by molar-refractivity contribution is -0.154. The average molecular weight is 455 g/mol. The number of aliphatic hydroxyl groups is 1. The molecule has 7 nitrogen and oxygen atoms in total. The number of hydrogen-bond acceptors (Lipinski definition) is 6. The maximum absolute atomic E-state index is 13.7. The number of rotatable bonds is 9. The molecule has 3 aliphatic heterocycles. The van der Waals surface area contributed by atoms with Crippen LogP contribution in [0, 0.1) is 17.8 Å². The SMILES string of the molecule is CCOC(=O)[C@@H]1[C@@H]2CC(C)C3(S2)C(C(=O)NC(C)(C)C)N(CCCCCCO)C(=O)[C@H]13. The van der Waals surface area contributed by atoms with E-state index in [-0.39, 0.29) is 35.6 Å². The van der Waals surface area contributed by atoms with Crippen molar-refractivity contribution >= 4 is 29.5 Å². The number of likely N-dealkylation sites (tertiary alicyclic amines) is 1. The lowest BCUT2D eigenvalue weighted by Crippen LogP contribution is -2.59. The summed E-state index contributed by atoms with van der Waals surface area (Å²) in [7, 11) is 0. The van der Waals surface area contributed by atoms with E-state index < -0.39 is 28.2 Å². The molecule has 3 fully saturated rings. The van der Waals surface area contributed by atoms with E-state index in [1.807, 2.05) is 20.8 Å². The quantitative estimate of drug-likeness (QED) is 0.410. The number of nitrogens with zero attached hydrogens (tertiary/aromatic N) is 1. The molecule has 8 heteroatoms. The topological polar surface area (TPSA) is 95.9 Å². The highest BCUT2D eigenvalue weighted by atomic mass is 32.2. The van der Waals surface area contributed by atoms with Gasteiger partial charge < -0.3 is 20.1 Å². The first-order valence-electron chi connectivity index (χ1n) is 11.7. The lowest BCUT2D eigenvalue weighted by Gasteiger charge is -2.39. The Bertz CT molecular complexity index is 709. The predicted molar refractivity (Wildman–Crippen MR) is 120 cm³/mol. The highest BCUT2D eigenvalue weighted by Crippen LogP contribution is 2.68. The first-order valence-corrected chi connectivity index (χ1v) is 12.5. The Labute approximate surface area is 190 Å². The fourth-order valence-corrected chi connectivity index (χ4v) is 8.16. The molecule has 3 aliphatic rings. The summed E-state index contributed by atoms with van der Waals surface area (Å²) in [5.74, 6) is -1.31. The minimum Gasteiger partial charge on any atom is -0.466 e. The molecule has 0 aromatic heterocycles. The van der Waals surface area contributed by atoms with Gasteiger partial charge >= 0.3 is 5.97 Å². The Morgan fingerprint density at radius 1 is 1.26 bits per heavy atom. The van der Waals surface area contributed by atoms with Crippen LogP contribution in [0.3, 0.4) is 0 Å². The third-order valence-electron chi connectivity index (χ3n) is 6.86. The molecule has 3 unspecified atom stereocenters. The van der Waals surface area contributed by atoms with Gasteiger partial charge in [0, 0.05) is 23.9 Å². The van der Waals surface area contributed by atoms with Crippen LogP contribution < -0.4 is 5.32 Å². The minimum absolute atomic E-state index is 0.0274. The normalized spacial score (nSPS) is 34.2. The molecule has 2 N–H and O–H groups in total. The van der Waals surface area contributed by atoms with Crippen molar-refractivity contribution in [1.29, 1.82) is 0 Å². The first kappa shape index (κ1) is 24.4. The van der Waals surface area contributed by atoms with Gasteiger partial charge in [-0.15, -0.1) is 11.8 Å². The van der Waals surface area contributed by atoms with E-state index >= 15 is 0 Å². The Kier molecular flexibility index (Phi) is 7.31. The van der Waals surface area contributed by atoms with Gasteiger partial charge in [0.05, 0.1) is 23.2 Å². The van der Waals surface area contributed by atoms with Crippen molar-refractivity contribution in [3.63, 3.8) is 0 Å². The van der Waals surface area contributed by atoms with Gasteiger partial charge in [-0.05, 0) is 52.9 Å². The molecule has 31 heavy (non-hydrogen) atoms. The van der Waals surface area contributed by atoms with E-state index in [0.29, 0.717) is 13.2 Å². The molecule has 0 saturated carbocycles. The minimum atomic E-state index is -0.584. The molecular weight excluding hydrogens is 416 g/mol. The summed E-state index contributed by atoms with van der Waals surface area (Å²) in [5.41, 5.74) is -0.410. The molecule has 0 aliphatic carbocycles. The number of thioether (sulfide) groups is 1. The fraction of sp³-hybridized carbons (Fsp3) is 0.870. The van der Waals surface area contributed by atoms with Crippen molar-refractivity contribution in [2.24, 2.45) is 17.8 Å². The van der Waals surface area contributed by atoms with Crippen LogP contribution in [0.1, 0.15) is 66.7 Å². The predicted octanol–water partition coefficient (Wildman–Crippen LogP) is 2.35. The van der Waals surface area contributed by atoms with Gasteiger partial charge in [-0.2, -0.15) is 0 Å². The fourth-order valence-electron chi connectivity index (χ4n) is 5.75. The lowest BCUT2D eigenvalue weighted by atomic mass is 9.66. The van der Waals surface area contributed by atoms with Crippen LogP contribution in [-0.2, 0) is 19.1 Å². The average Bonchev–Trinajstić information content (AvgIpc) is 3.24. The van der Waals surface area contributed by atoms with Crippen LogP contribution in [0.2, 0.25) is 0 Å². The Morgan fingerprint density at radius 3 is 2.55 bits per heavy atom. The van der Waals surface area contributed by atoms with Crippen LogP contribution in [-0.4, -0.2) is 69.1 Å². The van der Waals surface area contributed by atoms with E-state index in [4.69, 9.17) is 9.84 Å². The van der Waals surface area contributed by atoms with Gasteiger partial charge in [-0.1, -0.05) is 19.8 Å². The molecule has 2 amide bonds. The standard InChI is InChI=1S/C23H38N2O5S/c1-6-30-21(29)16-15-13-14(2)23(31-15)17(16)20(28)25(11-9-7-8-10-12-26)18(23)19(27)24-22(3,4)5/h14-18,26H,6-13H2,1-5H3,(H,24,27)/t14?,15-,16+,17-,18?,23?/m0/s1. The van der Waals surface area contributed by atoms with E-state index in [2.05, 4.69) is 12.2 Å². The summed E-state index contributed by atoms with van der Waals surface area (Å²) in [6.07, 6.45) is 4.13. The van der Waals surface area contributed by atoms with Gasteiger partial charge in [0.1, 0.15) is 6.04 Å². The number of nitrogens with one attached hydrogen (secondary N) is 1. The zero-order valence-corrected chi connectivity index (χ0v) is 20.3. The van der Waals surface area contributed by atoms with E-state index in [0.717, 1.165) is 32.1 Å². The number of fused-ring (bicyclic) bond motifs is 1. The number of carbonyl (C=O) groups excluding carboxylic acids is 3. The number of esters is 1. The van der Waals surface area contributed by atoms with Crippen molar-refractivity contribution in [1.82, 2.24) is 10.2 Å². The van der Waals surface area contributed by atoms with Gasteiger partial charge in [-0.3, -0.25) is 14.4 Å². The van der Waals surface area contributed by atoms with Gasteiger partial charge in [-0.25, -0.2) is 0 Å². The molecule has 3 rings (SSSR count). The smallest absolute Gasteiger partial charge is 0.310 e. The van der Waals surface area contributed by atoms with Crippen molar-refractivity contribution in [2.75, 3.05) is 19.8 Å². The largest absolute Gasteiger partial charge is 0.466 e. The molecule has 0 radical (unpaired) electrons. The number of ether oxygens (including phenoxy) is 1. The molecule has 3 heterocycles. The number of aliphatic hydroxyl groups excluding tert-OH is 1. The molecule has 2 bridgehead atoms. The number of carbonyl (C=O) groups is 3. The zero-order chi connectivity index (χ0) is 23.0. The second-order valence-electron chi connectivity index (χ2n) is 10.2. The van der Waals surface area contributed by atoms with Crippen molar-refractivity contribution < 1.29 is 24.2 Å². The number of amides is 2. The van der Waals surface area contributed by atoms with Crippen molar-refractivity contribution in [2.45, 2.75) is 88.3 Å². The molecule has 176 valence electrons. The van der Waals surface area contributed by atoms with Crippen LogP contribution in [0.15, 0.2) is 0 Å². The van der Waals surface area contributed by atoms with Crippen molar-refractivity contribution in [3.05, 3.63) is 0 Å². The molecular formula is C23H38N2O5S. The second-order valence-corrected chi connectivity index (χ2v) is 11.8. The van der Waals surface area contributed by atoms with Crippen molar-refractivity contribution in [3.8, 4) is 0 Å². The van der Waals surface area contributed by atoms with E-state index in [9.17, 15) is 14.4 Å². The maximum Gasteiger partial charge on any atom is 0.310 e. The summed E-state index contributed by atoms with van der Waals surface area (Å²) in [6.45, 7) is 10.7. The van der Waals surface area contributed by atoms with Crippen LogP contribution >= 0.6 is 11.8 Å². The Balaban J connectivity index is 1.92. The third-order valence-corrected chi connectivity index (χ3v) is 8.93. The van der Waals surface area contributed by atoms with Crippen LogP contribution in [0.25, 0.3) is 0 Å². The van der Waals surface area contributed by atoms with E-state index in [1.54, 1.807) is 23.6 Å². The summed E-state index contributed by atoms with van der Waals surface area (Å²) in [4.78, 5) is 41.9. The van der Waals surface area contributed by atoms with Gasteiger partial charge in [0.25, 0.3) is 0 Å². The third kappa shape index (κ3) is 4.34. The summed E-state index contributed by atoms with van der Waals surface area (Å²) >= 11 is 1.68. The van der Waals surface area contributed by atoms with Crippen LogP contribution in [0.4, 0.5) is 0 Å². The maximum atomic E-state index is 13.7. The molecule has 0 aromatic rings. The van der Waals surface area contributed by atoms with Gasteiger partial charge in [0.15, 0.2) is 0 Å². The first-order chi connectivity index (χ1) is 14.6. The summed E-state index contributed by atoms with van der Waals surface area (Å²) in [6, 6.07) is -0.577. The molecule has 0 aromatic carbocycles. The molecule has 1 spiro atoms. The highest BCUT2D eigenvalue weighted by Gasteiger charge is 2.76. The second kappa shape index (κ2) is 9.30. The molecule has 3 saturated heterocycles. The summed E-state index contributed by atoms with van der Waals surface area (Å²) in [5, 5.41) is 12.1. The summed E-state index contributed by atoms with van der Waals surface area (Å²) < 4.78 is 4.77. The Hall–Kier alpha value is -1.28. The monoisotopic (exact) mass is 454 g/mol. The number of unbranched alkanes of at least 4 members (excludes halogenated alkanes) is 3. The zero-order valence-electron chi connectivity index (χ0n) is 19.5. The highest BCUT2D eigenvalue weighted by molar-refractivity contribution is 8.02. The number of hydrogen-bond donors (Lipinski definition) is 2. The van der Waals surface area contributed by atoms with E-state index in [1.165, 1.54) is 0 Å². The molecule has 6 atom stereocenters. The Morgan fingerprint density at radius 2 is 1.94 bits per heavy atom. The van der Waals surface area contributed by atoms with Crippen LogP contribution in [0.5, 0.6) is 0 Å².